The van der Waals surface area contributed by atoms with Gasteiger partial charge in [-0.25, -0.2) is 4.98 Å². The average Bonchev–Trinajstić information content (AvgIpc) is 3.11. The second-order valence-electron chi connectivity index (χ2n) is 4.97. The van der Waals surface area contributed by atoms with Crippen LogP contribution in [0.15, 0.2) is 34.9 Å². The van der Waals surface area contributed by atoms with Crippen molar-refractivity contribution >= 4 is 47.2 Å². The number of hydrogen-bond acceptors (Lipinski definition) is 5. The highest BCUT2D eigenvalue weighted by molar-refractivity contribution is 14.0. The molecule has 0 atom stereocenters. The van der Waals surface area contributed by atoms with Gasteiger partial charge < -0.3 is 16.0 Å². The molecule has 0 aromatic carbocycles. The van der Waals surface area contributed by atoms with Crippen molar-refractivity contribution in [1.29, 1.82) is 0 Å². The molecule has 7 nitrogen and oxygen atoms in total. The van der Waals surface area contributed by atoms with E-state index < -0.39 is 11.9 Å². The highest BCUT2D eigenvalue weighted by atomic mass is 127. The summed E-state index contributed by atoms with van der Waals surface area (Å²) in [5.41, 5.74) is -0.445. The Hall–Kier alpha value is -1.96. The number of hydrogen-bond donors (Lipinski definition) is 3. The molecule has 2 aromatic heterocycles. The van der Waals surface area contributed by atoms with E-state index >= 15 is 0 Å². The first-order chi connectivity index (χ1) is 12.4. The summed E-state index contributed by atoms with van der Waals surface area (Å²) in [5.74, 6) is 0.148. The first-order valence-electron chi connectivity index (χ1n) is 7.54. The van der Waals surface area contributed by atoms with Crippen LogP contribution in [0.4, 0.5) is 13.2 Å². The Morgan fingerprint density at radius 3 is 2.59 bits per heavy atom. The molecule has 27 heavy (non-hydrogen) atoms. The lowest BCUT2D eigenvalue weighted by Crippen LogP contribution is -2.41. The summed E-state index contributed by atoms with van der Waals surface area (Å²) in [6.45, 7) is 0.837. The summed E-state index contributed by atoms with van der Waals surface area (Å²) in [6.07, 6.45) is -1.40. The molecule has 2 aromatic rings. The zero-order valence-electron chi connectivity index (χ0n) is 14.2. The van der Waals surface area contributed by atoms with Gasteiger partial charge in [0.15, 0.2) is 11.7 Å². The van der Waals surface area contributed by atoms with Crippen LogP contribution < -0.4 is 16.0 Å². The van der Waals surface area contributed by atoms with Crippen LogP contribution in [0.25, 0.3) is 0 Å². The number of carbonyl (C=O) groups excluding carboxylic acids is 1. The molecular formula is C15H18F3IN6OS. The number of nitrogens with zero attached hydrogens (tertiary/aromatic N) is 3. The second-order valence-corrected chi connectivity index (χ2v) is 5.92. The Kier molecular flexibility index (Phi) is 9.41. The molecule has 12 heteroatoms. The molecular weight excluding hydrogens is 496 g/mol. The Bertz CT molecular complexity index is 754. The lowest BCUT2D eigenvalue weighted by Gasteiger charge is -2.11. The molecule has 0 unspecified atom stereocenters. The molecule has 0 bridgehead atoms. The number of aromatic nitrogens is 2. The van der Waals surface area contributed by atoms with Crippen LogP contribution >= 0.6 is 35.3 Å². The van der Waals surface area contributed by atoms with Crippen molar-refractivity contribution in [3.8, 4) is 0 Å². The van der Waals surface area contributed by atoms with Gasteiger partial charge in [0.1, 0.15) is 5.01 Å². The number of amides is 1. The number of aliphatic imine (C=N–C) groups is 1. The Balaban J connectivity index is 0.00000364. The Labute approximate surface area is 174 Å². The number of pyridine rings is 1. The van der Waals surface area contributed by atoms with Crippen molar-refractivity contribution in [2.75, 3.05) is 20.1 Å². The van der Waals surface area contributed by atoms with Gasteiger partial charge in [-0.1, -0.05) is 0 Å². The van der Waals surface area contributed by atoms with Crippen molar-refractivity contribution in [2.24, 2.45) is 4.99 Å². The van der Waals surface area contributed by atoms with E-state index in [1.807, 2.05) is 0 Å². The molecule has 1 amide bonds. The van der Waals surface area contributed by atoms with E-state index in [2.05, 4.69) is 30.9 Å². The molecule has 0 radical (unpaired) electrons. The normalized spacial score (nSPS) is 11.5. The minimum atomic E-state index is -4.44. The lowest BCUT2D eigenvalue weighted by molar-refractivity contribution is -0.140. The van der Waals surface area contributed by atoms with Crippen molar-refractivity contribution in [3.05, 3.63) is 46.2 Å². The molecule has 0 fully saturated rings. The SMILES string of the molecule is CN=C(NCCNC(=O)c1cccnc1)NCc1nc(C(F)(F)F)cs1.I. The van der Waals surface area contributed by atoms with E-state index in [0.29, 0.717) is 29.6 Å². The van der Waals surface area contributed by atoms with Crippen LogP contribution in [0.2, 0.25) is 0 Å². The minimum absolute atomic E-state index is 0. The fourth-order valence-electron chi connectivity index (χ4n) is 1.86. The summed E-state index contributed by atoms with van der Waals surface area (Å²) < 4.78 is 37.5. The third-order valence-electron chi connectivity index (χ3n) is 3.10. The third-order valence-corrected chi connectivity index (χ3v) is 3.95. The van der Waals surface area contributed by atoms with Gasteiger partial charge >= 0.3 is 6.18 Å². The lowest BCUT2D eigenvalue weighted by atomic mass is 10.3. The molecule has 0 spiro atoms. The highest BCUT2D eigenvalue weighted by Crippen LogP contribution is 2.29. The molecule has 0 aliphatic carbocycles. The van der Waals surface area contributed by atoms with Gasteiger partial charge in [-0.3, -0.25) is 14.8 Å². The average molecular weight is 514 g/mol. The summed E-state index contributed by atoms with van der Waals surface area (Å²) in [4.78, 5) is 23.2. The van der Waals surface area contributed by atoms with Gasteiger partial charge in [0, 0.05) is 37.9 Å². The maximum Gasteiger partial charge on any atom is 0.434 e. The number of halogens is 4. The maximum atomic E-state index is 12.5. The van der Waals surface area contributed by atoms with Crippen LogP contribution in [0, 0.1) is 0 Å². The number of carbonyl (C=O) groups is 1. The van der Waals surface area contributed by atoms with Crippen LogP contribution in [0.1, 0.15) is 21.1 Å². The molecule has 0 saturated heterocycles. The summed E-state index contributed by atoms with van der Waals surface area (Å²) in [5, 5.41) is 9.80. The van der Waals surface area contributed by atoms with Crippen LogP contribution in [-0.4, -0.2) is 42.0 Å². The Morgan fingerprint density at radius 1 is 1.26 bits per heavy atom. The van der Waals surface area contributed by atoms with E-state index in [1.54, 1.807) is 18.3 Å². The van der Waals surface area contributed by atoms with E-state index in [0.717, 1.165) is 16.7 Å². The predicted octanol–water partition coefficient (Wildman–Crippen LogP) is 2.27. The topological polar surface area (TPSA) is 91.3 Å². The standard InChI is InChI=1S/C15H17F3N6OS.HI/c1-19-14(23-8-12-24-11(9-26-12)15(16,17)18)22-6-5-21-13(25)10-3-2-4-20-7-10;/h2-4,7,9H,5-6,8H2,1H3,(H,21,25)(H2,19,22,23);1H. The molecule has 3 N–H and O–H groups in total. The maximum absolute atomic E-state index is 12.5. The first-order valence-corrected chi connectivity index (χ1v) is 8.42. The van der Waals surface area contributed by atoms with Gasteiger partial charge in [-0.05, 0) is 12.1 Å². The summed E-state index contributed by atoms with van der Waals surface area (Å²) in [6, 6.07) is 3.32. The van der Waals surface area contributed by atoms with E-state index in [-0.39, 0.29) is 36.4 Å². The van der Waals surface area contributed by atoms with Gasteiger partial charge in [0.05, 0.1) is 12.1 Å². The molecule has 0 aliphatic rings. The highest BCUT2D eigenvalue weighted by Gasteiger charge is 2.33. The van der Waals surface area contributed by atoms with Crippen LogP contribution in [0.3, 0.4) is 0 Å². The smallest absolute Gasteiger partial charge is 0.355 e. The van der Waals surface area contributed by atoms with Gasteiger partial charge in [-0.2, -0.15) is 13.2 Å². The third kappa shape index (κ3) is 7.66. The summed E-state index contributed by atoms with van der Waals surface area (Å²) >= 11 is 0.919. The van der Waals surface area contributed by atoms with Crippen LogP contribution in [-0.2, 0) is 12.7 Å². The first kappa shape index (κ1) is 23.1. The Morgan fingerprint density at radius 2 is 2.00 bits per heavy atom. The van der Waals surface area contributed by atoms with Gasteiger partial charge in [0.25, 0.3) is 5.91 Å². The summed E-state index contributed by atoms with van der Waals surface area (Å²) in [7, 11) is 1.53. The fraction of sp³-hybridized carbons (Fsp3) is 0.333. The molecule has 0 aliphatic heterocycles. The quantitative estimate of drug-likeness (QED) is 0.238. The molecule has 2 heterocycles. The number of alkyl halides is 3. The van der Waals surface area contributed by atoms with E-state index in [4.69, 9.17) is 0 Å². The monoisotopic (exact) mass is 514 g/mol. The van der Waals surface area contributed by atoms with Gasteiger partial charge in [-0.15, -0.1) is 35.3 Å². The molecule has 0 saturated carbocycles. The zero-order chi connectivity index (χ0) is 19.0. The van der Waals surface area contributed by atoms with Crippen molar-refractivity contribution in [3.63, 3.8) is 0 Å². The minimum Gasteiger partial charge on any atom is -0.355 e. The van der Waals surface area contributed by atoms with Crippen molar-refractivity contribution in [2.45, 2.75) is 12.7 Å². The zero-order valence-corrected chi connectivity index (χ0v) is 17.4. The van der Waals surface area contributed by atoms with E-state index in [1.165, 1.54) is 13.2 Å². The number of thiazole rings is 1. The predicted molar refractivity (Wildman–Crippen MR) is 107 cm³/mol. The number of nitrogens with one attached hydrogen (secondary N) is 3. The fourth-order valence-corrected chi connectivity index (χ4v) is 2.60. The largest absolute Gasteiger partial charge is 0.434 e. The van der Waals surface area contributed by atoms with Crippen LogP contribution in [0.5, 0.6) is 0 Å². The van der Waals surface area contributed by atoms with Crippen molar-refractivity contribution in [1.82, 2.24) is 25.9 Å². The van der Waals surface area contributed by atoms with E-state index in [9.17, 15) is 18.0 Å². The molecule has 148 valence electrons. The van der Waals surface area contributed by atoms with Gasteiger partial charge in [0.2, 0.25) is 0 Å². The number of rotatable bonds is 6. The van der Waals surface area contributed by atoms with Crippen molar-refractivity contribution < 1.29 is 18.0 Å². The second kappa shape index (κ2) is 11.0. The number of guanidine groups is 1. The molecule has 2 rings (SSSR count).